The Morgan fingerprint density at radius 2 is 0.579 bits per heavy atom. The first kappa shape index (κ1) is 53.8. The van der Waals surface area contributed by atoms with Crippen molar-refractivity contribution in [3.8, 4) is 50.3 Å². The van der Waals surface area contributed by atoms with Gasteiger partial charge in [0.15, 0.2) is 0 Å². The van der Waals surface area contributed by atoms with E-state index in [2.05, 4.69) is 238 Å². The molecule has 0 saturated carbocycles. The molecule has 2 aliphatic heterocycles. The number of H-pyrrole nitrogens is 2. The molecule has 76 heavy (non-hydrogen) atoms. The molecule has 0 saturated heterocycles. The molecule has 0 spiro atoms. The van der Waals surface area contributed by atoms with Crippen molar-refractivity contribution < 1.29 is 9.53 Å². The van der Waals surface area contributed by atoms with Crippen molar-refractivity contribution >= 4 is 52.3 Å². The van der Waals surface area contributed by atoms with Crippen LogP contribution in [0.15, 0.2) is 103 Å². The Labute approximate surface area is 453 Å². The zero-order chi connectivity index (χ0) is 55.2. The number of aromatic amines is 2. The second kappa shape index (κ2) is 18.9. The van der Waals surface area contributed by atoms with Gasteiger partial charge in [-0.3, -0.25) is 4.79 Å². The lowest BCUT2D eigenvalue weighted by molar-refractivity contribution is -0.131. The summed E-state index contributed by atoms with van der Waals surface area (Å²) in [5.74, 6) is 0.121. The van der Waals surface area contributed by atoms with E-state index in [9.17, 15) is 4.79 Å². The number of aromatic nitrogens is 4. The number of carbonyl (C=O) groups is 1. The highest BCUT2D eigenvalue weighted by atomic mass is 16.5. The van der Waals surface area contributed by atoms with Gasteiger partial charge in [0.1, 0.15) is 5.75 Å². The summed E-state index contributed by atoms with van der Waals surface area (Å²) in [6, 6.07) is 38.0. The van der Waals surface area contributed by atoms with Crippen molar-refractivity contribution in [3.05, 3.63) is 159 Å². The summed E-state index contributed by atoms with van der Waals surface area (Å²) in [4.78, 5) is 31.6. The highest BCUT2D eigenvalue weighted by Crippen LogP contribution is 2.44. The van der Waals surface area contributed by atoms with Gasteiger partial charge in [0.2, 0.25) is 0 Å². The van der Waals surface area contributed by atoms with Gasteiger partial charge in [-0.25, -0.2) is 9.97 Å². The molecule has 6 nitrogen and oxygen atoms in total. The van der Waals surface area contributed by atoms with Crippen LogP contribution in [-0.2, 0) is 37.3 Å². The van der Waals surface area contributed by atoms with Crippen LogP contribution in [0.2, 0.25) is 0 Å². The van der Waals surface area contributed by atoms with Gasteiger partial charge in [0, 0.05) is 51.2 Å². The van der Waals surface area contributed by atoms with Gasteiger partial charge in [0.05, 0.1) is 22.8 Å². The number of ether oxygens (including phenoxy) is 1. The molecule has 0 amide bonds. The summed E-state index contributed by atoms with van der Waals surface area (Å²) >= 11 is 0. The average Bonchev–Trinajstić information content (AvgIpc) is 4.16. The van der Waals surface area contributed by atoms with Crippen molar-refractivity contribution in [3.63, 3.8) is 0 Å². The lowest BCUT2D eigenvalue weighted by Gasteiger charge is -2.26. The minimum Gasteiger partial charge on any atom is -0.427 e. The van der Waals surface area contributed by atoms with Gasteiger partial charge in [-0.1, -0.05) is 191 Å². The number of fused-ring (bicyclic) bond motifs is 8. The Balaban J connectivity index is 1.52. The second-order valence-corrected chi connectivity index (χ2v) is 27.5. The maximum Gasteiger partial charge on any atom is 0.308 e. The molecule has 2 aliphatic rings. The summed E-state index contributed by atoms with van der Waals surface area (Å²) in [6.07, 6.45) is 8.74. The Morgan fingerprint density at radius 3 is 0.803 bits per heavy atom. The third kappa shape index (κ3) is 11.0. The Morgan fingerprint density at radius 1 is 0.342 bits per heavy atom. The molecule has 0 fully saturated rings. The first-order valence-corrected chi connectivity index (χ1v) is 27.2. The first-order valence-electron chi connectivity index (χ1n) is 27.2. The number of hydrogen-bond acceptors (Lipinski definition) is 4. The van der Waals surface area contributed by atoms with Crippen molar-refractivity contribution in [2.24, 2.45) is 0 Å². The summed E-state index contributed by atoms with van der Waals surface area (Å²) < 4.78 is 5.55. The predicted octanol–water partition coefficient (Wildman–Crippen LogP) is 19.0. The maximum absolute atomic E-state index is 12.1. The van der Waals surface area contributed by atoms with Crippen LogP contribution in [0, 0.1) is 0 Å². The third-order valence-corrected chi connectivity index (χ3v) is 15.0. The number of nitrogens with zero attached hydrogens (tertiary/aromatic N) is 2. The van der Waals surface area contributed by atoms with Crippen LogP contribution in [0.4, 0.5) is 0 Å². The average molecular weight is 1010 g/mol. The topological polar surface area (TPSA) is 83.7 Å². The monoisotopic (exact) mass is 1010 g/mol. The zero-order valence-corrected chi connectivity index (χ0v) is 48.8. The summed E-state index contributed by atoms with van der Waals surface area (Å²) in [5.41, 5.74) is 22.3. The van der Waals surface area contributed by atoms with Crippen LogP contribution in [0.3, 0.4) is 0 Å². The standard InChI is InChI=1S/C70H80N4O2/c1-41(75)76-52-22-20-42(21-23-52)61-53-24-26-55(71-53)62(43-32-46(65(2,3)4)38-47(33-43)66(5,6)7)57-28-30-59(73-57)64(45-36-50(69(14,15)16)40-51(37-45)70(17,18)19)60-31-29-58(74-60)63(56-27-25-54(61)72-56)44-34-48(67(8,9)10)39-49(35-44)68(11,12)13/h20-40,71,74H,1-19H3. The molecule has 5 heterocycles. The van der Waals surface area contributed by atoms with Crippen molar-refractivity contribution in [1.82, 2.24) is 19.9 Å². The Hall–Kier alpha value is -7.05. The number of esters is 1. The third-order valence-electron chi connectivity index (χ3n) is 15.0. The first-order chi connectivity index (χ1) is 35.2. The van der Waals surface area contributed by atoms with Crippen molar-refractivity contribution in [2.45, 2.75) is 164 Å². The second-order valence-electron chi connectivity index (χ2n) is 27.5. The molecule has 2 N–H and O–H groups in total. The molecule has 7 aromatic rings. The van der Waals surface area contributed by atoms with E-state index in [-0.39, 0.29) is 38.5 Å². The van der Waals surface area contributed by atoms with Gasteiger partial charge >= 0.3 is 5.97 Å². The molecule has 6 heteroatoms. The van der Waals surface area contributed by atoms with E-state index in [1.165, 1.54) is 40.3 Å². The number of rotatable bonds is 5. The van der Waals surface area contributed by atoms with Crippen LogP contribution >= 0.6 is 0 Å². The fraction of sp³-hybridized carbons (Fsp3) is 0.357. The van der Waals surface area contributed by atoms with E-state index < -0.39 is 0 Å². The minimum atomic E-state index is -0.363. The fourth-order valence-corrected chi connectivity index (χ4v) is 10.2. The van der Waals surface area contributed by atoms with E-state index in [0.717, 1.165) is 89.4 Å². The van der Waals surface area contributed by atoms with Gasteiger partial charge in [-0.2, -0.15) is 0 Å². The van der Waals surface area contributed by atoms with Gasteiger partial charge < -0.3 is 14.7 Å². The Kier molecular flexibility index (Phi) is 13.4. The van der Waals surface area contributed by atoms with Gasteiger partial charge in [-0.05, 0) is 149 Å². The highest BCUT2D eigenvalue weighted by molar-refractivity contribution is 6.00. The van der Waals surface area contributed by atoms with E-state index in [0.29, 0.717) is 5.75 Å². The molecule has 0 unspecified atom stereocenters. The van der Waals surface area contributed by atoms with E-state index in [1.807, 2.05) is 24.3 Å². The van der Waals surface area contributed by atoms with Crippen LogP contribution in [0.1, 0.15) is 188 Å². The van der Waals surface area contributed by atoms with Gasteiger partial charge in [0.25, 0.3) is 0 Å². The predicted molar refractivity (Wildman–Crippen MR) is 324 cm³/mol. The molecule has 0 atom stereocenters. The largest absolute Gasteiger partial charge is 0.427 e. The van der Waals surface area contributed by atoms with Crippen LogP contribution in [-0.4, -0.2) is 25.9 Å². The van der Waals surface area contributed by atoms with Crippen LogP contribution < -0.4 is 4.74 Å². The van der Waals surface area contributed by atoms with Crippen LogP contribution in [0.25, 0.3) is 90.9 Å². The van der Waals surface area contributed by atoms with Gasteiger partial charge in [-0.15, -0.1) is 0 Å². The molecule has 0 radical (unpaired) electrons. The molecule has 4 aromatic carbocycles. The summed E-state index contributed by atoms with van der Waals surface area (Å²) in [6.45, 7) is 42.7. The lowest BCUT2D eigenvalue weighted by Crippen LogP contribution is -2.16. The number of nitrogens with one attached hydrogen (secondary N) is 2. The quantitative estimate of drug-likeness (QED) is 0.133. The summed E-state index contributed by atoms with van der Waals surface area (Å²) in [5, 5.41) is 0. The Bertz CT molecular complexity index is 3510. The van der Waals surface area contributed by atoms with E-state index in [1.54, 1.807) is 0 Å². The number of benzene rings is 4. The molecular weight excluding hydrogens is 929 g/mol. The molecule has 8 bridgehead atoms. The smallest absolute Gasteiger partial charge is 0.308 e. The van der Waals surface area contributed by atoms with Crippen LogP contribution in [0.5, 0.6) is 5.75 Å². The molecule has 3 aromatic heterocycles. The fourth-order valence-electron chi connectivity index (χ4n) is 10.2. The SMILES string of the molecule is CC(=O)Oc1ccc(-c2c3nc(c(-c4cc(C(C)(C)C)cc(C(C)(C)C)c4)c4ccc([nH]4)c(-c4cc(C(C)(C)C)cc(C(C)(C)C)c4)c4nc(c(-c5cc(C(C)(C)C)cc(C(C)(C)C)c5)c5ccc2[nH]5)C=C4)C=C3)cc1. The molecule has 9 rings (SSSR count). The number of carbonyl (C=O) groups excluding carboxylic acids is 1. The normalized spacial score (nSPS) is 13.4. The minimum absolute atomic E-state index is 0.110. The molecular formula is C70H80N4O2. The summed E-state index contributed by atoms with van der Waals surface area (Å²) in [7, 11) is 0. The van der Waals surface area contributed by atoms with E-state index in [4.69, 9.17) is 14.7 Å². The highest BCUT2D eigenvalue weighted by Gasteiger charge is 2.28. The molecule has 392 valence electrons. The molecule has 0 aliphatic carbocycles. The maximum atomic E-state index is 12.1. The van der Waals surface area contributed by atoms with E-state index >= 15 is 0 Å². The van der Waals surface area contributed by atoms with Crippen molar-refractivity contribution in [2.75, 3.05) is 0 Å². The zero-order valence-electron chi connectivity index (χ0n) is 48.8. The van der Waals surface area contributed by atoms with Crippen molar-refractivity contribution in [1.29, 1.82) is 0 Å². The lowest BCUT2D eigenvalue weighted by atomic mass is 9.78. The number of hydrogen-bond donors (Lipinski definition) is 2.